The fourth-order valence-electron chi connectivity index (χ4n) is 4.85. The summed E-state index contributed by atoms with van der Waals surface area (Å²) in [5.41, 5.74) is 7.01. The maximum absolute atomic E-state index is 4.93. The van der Waals surface area contributed by atoms with Gasteiger partial charge in [-0.25, -0.2) is 24.9 Å². The van der Waals surface area contributed by atoms with Crippen molar-refractivity contribution < 1.29 is 0 Å². The van der Waals surface area contributed by atoms with Crippen LogP contribution >= 0.6 is 0 Å². The second kappa shape index (κ2) is 7.21. The van der Waals surface area contributed by atoms with Crippen LogP contribution in [0.2, 0.25) is 0 Å². The lowest BCUT2D eigenvalue weighted by molar-refractivity contribution is 0.612. The number of hydrogen-bond donors (Lipinski definition) is 1. The Morgan fingerprint density at radius 3 is 2.71 bits per heavy atom. The predicted octanol–water partition coefficient (Wildman–Crippen LogP) is 3.74. The summed E-state index contributed by atoms with van der Waals surface area (Å²) in [6.45, 7) is 5.67. The van der Waals surface area contributed by atoms with Crippen LogP contribution in [0, 0.1) is 12.8 Å². The number of aliphatic imine (C=N–C) groups is 1. The third-order valence-corrected chi connectivity index (χ3v) is 6.61. The molecule has 0 spiro atoms. The molecule has 0 saturated heterocycles. The first kappa shape index (κ1) is 18.6. The van der Waals surface area contributed by atoms with Crippen LogP contribution in [0.1, 0.15) is 44.9 Å². The highest BCUT2D eigenvalue weighted by Gasteiger charge is 2.36. The van der Waals surface area contributed by atoms with E-state index in [0.717, 1.165) is 72.5 Å². The molecule has 1 atom stereocenters. The summed E-state index contributed by atoms with van der Waals surface area (Å²) in [4.78, 5) is 27.6. The molecule has 0 bridgehead atoms. The second-order valence-electron chi connectivity index (χ2n) is 8.74. The molecular weight excluding hydrogens is 388 g/mol. The molecule has 3 aromatic rings. The quantitative estimate of drug-likeness (QED) is 0.684. The largest absolute Gasteiger partial charge is 0.365 e. The van der Waals surface area contributed by atoms with Crippen LogP contribution in [0.3, 0.4) is 0 Å². The van der Waals surface area contributed by atoms with Gasteiger partial charge in [0, 0.05) is 36.6 Å². The Kier molecular flexibility index (Phi) is 4.33. The third-order valence-electron chi connectivity index (χ3n) is 6.61. The Balaban J connectivity index is 1.32. The maximum Gasteiger partial charge on any atom is 0.165 e. The Morgan fingerprint density at radius 2 is 1.94 bits per heavy atom. The fourth-order valence-corrected chi connectivity index (χ4v) is 4.85. The lowest BCUT2D eigenvalue weighted by atomic mass is 9.86. The average Bonchev–Trinajstić information content (AvgIpc) is 3.43. The lowest BCUT2D eigenvalue weighted by Crippen LogP contribution is -2.26. The van der Waals surface area contributed by atoms with Gasteiger partial charge in [0.05, 0.1) is 12.1 Å². The van der Waals surface area contributed by atoms with Gasteiger partial charge >= 0.3 is 0 Å². The highest BCUT2D eigenvalue weighted by molar-refractivity contribution is 6.06. The van der Waals surface area contributed by atoms with Gasteiger partial charge in [-0.15, -0.1) is 0 Å². The molecule has 31 heavy (non-hydrogen) atoms. The van der Waals surface area contributed by atoms with Crippen LogP contribution in [-0.4, -0.2) is 47.8 Å². The van der Waals surface area contributed by atoms with Gasteiger partial charge in [-0.1, -0.05) is 0 Å². The lowest BCUT2D eigenvalue weighted by Gasteiger charge is -2.26. The zero-order chi connectivity index (χ0) is 20.9. The Labute approximate surface area is 181 Å². The average molecular weight is 415 g/mol. The first-order chi connectivity index (χ1) is 15.2. The van der Waals surface area contributed by atoms with E-state index in [4.69, 9.17) is 9.98 Å². The van der Waals surface area contributed by atoms with E-state index in [1.807, 2.05) is 19.3 Å². The molecule has 4 heterocycles. The Hall–Kier alpha value is -3.16. The third kappa shape index (κ3) is 3.21. The molecular formula is C23H26N8. The predicted molar refractivity (Wildman–Crippen MR) is 120 cm³/mol. The fraction of sp³-hybridized carbons (Fsp3) is 0.478. The van der Waals surface area contributed by atoms with Crippen LogP contribution in [0.5, 0.6) is 0 Å². The molecule has 6 rings (SSSR count). The first-order valence-electron chi connectivity index (χ1n) is 11.2. The van der Waals surface area contributed by atoms with Crippen molar-refractivity contribution in [3.63, 3.8) is 0 Å². The summed E-state index contributed by atoms with van der Waals surface area (Å²) >= 11 is 0. The molecule has 2 aliphatic carbocycles. The minimum Gasteiger partial charge on any atom is -0.365 e. The maximum atomic E-state index is 4.93. The summed E-state index contributed by atoms with van der Waals surface area (Å²) in [7, 11) is 0. The van der Waals surface area contributed by atoms with E-state index in [9.17, 15) is 0 Å². The molecule has 0 aromatic carbocycles. The highest BCUT2D eigenvalue weighted by atomic mass is 15.2. The summed E-state index contributed by atoms with van der Waals surface area (Å²) in [5, 5.41) is 3.69. The van der Waals surface area contributed by atoms with Crippen LogP contribution in [0.25, 0.3) is 22.6 Å². The monoisotopic (exact) mass is 414 g/mol. The number of aromatic nitrogens is 6. The van der Waals surface area contributed by atoms with E-state index in [0.29, 0.717) is 6.04 Å². The molecule has 158 valence electrons. The van der Waals surface area contributed by atoms with Crippen LogP contribution < -0.4 is 5.32 Å². The molecule has 1 saturated carbocycles. The van der Waals surface area contributed by atoms with Gasteiger partial charge in [-0.3, -0.25) is 4.99 Å². The standard InChI is InChI=1S/C23H26N8/c1-3-31-22(16-10-24-13(2)25-11-16)30-20-21(27-12-28-23(20)31)29-17-7-6-15-9-26-19(14-4-5-14)18(15)8-17/h10-12,14,17H,3-9H2,1-2H3,(H,27,28,29). The van der Waals surface area contributed by atoms with E-state index < -0.39 is 0 Å². The van der Waals surface area contributed by atoms with Crippen molar-refractivity contribution in [1.82, 2.24) is 29.5 Å². The zero-order valence-corrected chi connectivity index (χ0v) is 18.0. The molecule has 8 heteroatoms. The van der Waals surface area contributed by atoms with Crippen LogP contribution in [0.4, 0.5) is 5.82 Å². The molecule has 3 aromatic heterocycles. The van der Waals surface area contributed by atoms with Crippen molar-refractivity contribution in [2.24, 2.45) is 10.9 Å². The number of nitrogens with one attached hydrogen (secondary N) is 1. The van der Waals surface area contributed by atoms with Crippen molar-refractivity contribution >= 4 is 22.7 Å². The van der Waals surface area contributed by atoms with Crippen molar-refractivity contribution in [3.8, 4) is 11.4 Å². The number of hydrogen-bond acceptors (Lipinski definition) is 7. The molecule has 3 aliphatic rings. The minimum atomic E-state index is 0.344. The van der Waals surface area contributed by atoms with Gasteiger partial charge < -0.3 is 9.88 Å². The molecule has 1 fully saturated rings. The van der Waals surface area contributed by atoms with Gasteiger partial charge in [0.1, 0.15) is 18.0 Å². The molecule has 1 N–H and O–H groups in total. The van der Waals surface area contributed by atoms with Crippen LogP contribution in [-0.2, 0) is 6.54 Å². The Bertz CT molecular complexity index is 1220. The smallest absolute Gasteiger partial charge is 0.165 e. The summed E-state index contributed by atoms with van der Waals surface area (Å²) in [5.74, 6) is 3.10. The van der Waals surface area contributed by atoms with E-state index in [2.05, 4.69) is 36.7 Å². The number of rotatable bonds is 5. The molecule has 0 radical (unpaired) electrons. The molecule has 1 aliphatic heterocycles. The topological polar surface area (TPSA) is 93.8 Å². The highest BCUT2D eigenvalue weighted by Crippen LogP contribution is 2.41. The van der Waals surface area contributed by atoms with Gasteiger partial charge in [-0.05, 0) is 57.1 Å². The second-order valence-corrected chi connectivity index (χ2v) is 8.74. The number of aryl methyl sites for hydroxylation is 2. The van der Waals surface area contributed by atoms with E-state index >= 15 is 0 Å². The number of fused-ring (bicyclic) bond motifs is 1. The molecule has 0 amide bonds. The number of nitrogens with zero attached hydrogens (tertiary/aromatic N) is 7. The summed E-state index contributed by atoms with van der Waals surface area (Å²) in [6, 6.07) is 0.344. The van der Waals surface area contributed by atoms with Gasteiger partial charge in [0.15, 0.2) is 17.0 Å². The van der Waals surface area contributed by atoms with E-state index in [1.54, 1.807) is 11.9 Å². The van der Waals surface area contributed by atoms with E-state index in [-0.39, 0.29) is 0 Å². The normalized spacial score (nSPS) is 20.8. The van der Waals surface area contributed by atoms with Gasteiger partial charge in [0.25, 0.3) is 0 Å². The molecule has 8 nitrogen and oxygen atoms in total. The zero-order valence-electron chi connectivity index (χ0n) is 18.0. The minimum absolute atomic E-state index is 0.344. The van der Waals surface area contributed by atoms with Crippen molar-refractivity contribution in [3.05, 3.63) is 35.7 Å². The number of imidazole rings is 1. The first-order valence-corrected chi connectivity index (χ1v) is 11.2. The van der Waals surface area contributed by atoms with Crippen molar-refractivity contribution in [1.29, 1.82) is 0 Å². The van der Waals surface area contributed by atoms with Crippen LogP contribution in [0.15, 0.2) is 34.9 Å². The summed E-state index contributed by atoms with van der Waals surface area (Å²) in [6.07, 6.45) is 11.1. The summed E-state index contributed by atoms with van der Waals surface area (Å²) < 4.78 is 2.10. The number of anilines is 1. The molecule has 1 unspecified atom stereocenters. The van der Waals surface area contributed by atoms with Crippen molar-refractivity contribution in [2.75, 3.05) is 11.9 Å². The Morgan fingerprint density at radius 1 is 1.10 bits per heavy atom. The van der Waals surface area contributed by atoms with Crippen molar-refractivity contribution in [2.45, 2.75) is 58.5 Å². The van der Waals surface area contributed by atoms with E-state index in [1.165, 1.54) is 24.1 Å². The van der Waals surface area contributed by atoms with Gasteiger partial charge in [-0.2, -0.15) is 0 Å². The van der Waals surface area contributed by atoms with Gasteiger partial charge in [0.2, 0.25) is 0 Å². The SMILES string of the molecule is CCn1c(-c2cnc(C)nc2)nc2c(NC3CCC4=C(C3)C(C3CC3)=NC4)ncnc21.